The van der Waals surface area contributed by atoms with Crippen LogP contribution in [0.1, 0.15) is 51.4 Å². The first-order chi connectivity index (χ1) is 21.5. The molecule has 4 heterocycles. The Kier molecular flexibility index (Phi) is 338. The summed E-state index contributed by atoms with van der Waals surface area (Å²) in [6.45, 7) is 13.1. The molecule has 0 aliphatic carbocycles. The van der Waals surface area contributed by atoms with E-state index in [1.165, 1.54) is 67.0 Å². The molecule has 0 bridgehead atoms. The number of hydrogen-bond donors (Lipinski definition) is 6. The van der Waals surface area contributed by atoms with E-state index in [-0.39, 0.29) is 173 Å². The number of rotatable bonds is 2. The molecule has 4 rings (SSSR count). The van der Waals surface area contributed by atoms with Crippen LogP contribution in [0, 0.1) is 41.0 Å². The van der Waals surface area contributed by atoms with Gasteiger partial charge < -0.3 is 97.8 Å². The summed E-state index contributed by atoms with van der Waals surface area (Å²) < 4.78 is 0. The van der Waals surface area contributed by atoms with E-state index in [0.717, 1.165) is 38.8 Å². The van der Waals surface area contributed by atoms with Gasteiger partial charge in [-0.1, -0.05) is 57.4 Å². The normalized spacial score (nSPS) is 11.3. The number of aliphatic hydroxyl groups excluding tert-OH is 2. The summed E-state index contributed by atoms with van der Waals surface area (Å²) in [5.74, 6) is 0. The maximum absolute atomic E-state index is 9.78. The maximum Gasteiger partial charge on any atom is 2.00 e. The molecule has 0 spiro atoms. The minimum Gasteiger partial charge on any atom is -0.680 e. The van der Waals surface area contributed by atoms with Gasteiger partial charge in [0.1, 0.15) is 0 Å². The Morgan fingerprint density at radius 3 is 0.833 bits per heavy atom. The summed E-state index contributed by atoms with van der Waals surface area (Å²) in [4.78, 5) is 39.1. The van der Waals surface area contributed by atoms with Gasteiger partial charge in [0, 0.05) is 42.1 Å². The van der Waals surface area contributed by atoms with Gasteiger partial charge in [-0.3, -0.25) is 26.2 Å². The first-order valence-electron chi connectivity index (χ1n) is 13.4. The maximum atomic E-state index is 9.78. The summed E-state index contributed by atoms with van der Waals surface area (Å²) in [7, 11) is 13.3. The van der Waals surface area contributed by atoms with Crippen LogP contribution in [0.4, 0.5) is 0 Å². The van der Waals surface area contributed by atoms with E-state index in [4.69, 9.17) is 42.7 Å². The van der Waals surface area contributed by atoms with Gasteiger partial charge in [-0.2, -0.15) is 66.7 Å². The fraction of sp³-hybridized carbons (Fsp3) is 0.643. The van der Waals surface area contributed by atoms with Crippen LogP contribution >= 0.6 is 18.8 Å². The Labute approximate surface area is 441 Å². The van der Waals surface area contributed by atoms with Crippen molar-refractivity contribution in [1.29, 1.82) is 0 Å². The topological polar surface area (TPSA) is 259 Å². The Morgan fingerprint density at radius 2 is 0.778 bits per heavy atom. The van der Waals surface area contributed by atoms with E-state index in [2.05, 4.69) is 52.7 Å². The molecule has 0 aromatic heterocycles. The van der Waals surface area contributed by atoms with E-state index in [9.17, 15) is 9.59 Å². The van der Waals surface area contributed by atoms with Crippen molar-refractivity contribution in [2.24, 2.45) is 0 Å². The number of nitrogens with one attached hydrogen (secondary N) is 8. The van der Waals surface area contributed by atoms with Gasteiger partial charge in [0.25, 0.3) is 0 Å². The Bertz CT molecular complexity index is 427. The average Bonchev–Trinajstić information content (AvgIpc) is 3.93. The first kappa shape index (κ1) is 118. The molecule has 16 nitrogen and oxygen atoms in total. The molecule has 4 fully saturated rings. The molecule has 4 radical (unpaired) electrons. The van der Waals surface area contributed by atoms with E-state index < -0.39 is 0 Å². The third-order valence-corrected chi connectivity index (χ3v) is 3.77. The SMILES string of the molecule is CNP.CNP.C[NH-].C[NH-].C[NH-].C[NH-].O=[C-]N1[CH-]CCC1.O=[C-]N1[CH-]CCC1.O=[C-]O.O=[C-]O.[CH-]1CCCN1.[CH-]1CCCN1.[CH3-].[CH3-].[V+2].[V+2].[V+2].[V+2].[W+2].[W+2].[W].[W]. The third kappa shape index (κ3) is 166. The van der Waals surface area contributed by atoms with Crippen molar-refractivity contribution < 1.29 is 188 Å². The Balaban J connectivity index is -0.0000000166. The van der Waals surface area contributed by atoms with E-state index >= 15 is 0 Å². The summed E-state index contributed by atoms with van der Waals surface area (Å²) in [6.07, 6.45) is 13.1. The largest absolute Gasteiger partial charge is 2.00 e. The summed E-state index contributed by atoms with van der Waals surface area (Å²) in [5.41, 5.74) is 23.0. The van der Waals surface area contributed by atoms with E-state index in [1.54, 1.807) is 22.6 Å². The molecule has 2 amide bonds. The predicted octanol–water partition coefficient (Wildman–Crippen LogP) is 4.45. The molecule has 0 saturated carbocycles. The minimum absolute atomic E-state index is 0. The van der Waals surface area contributed by atoms with Crippen molar-refractivity contribution in [3.8, 4) is 0 Å². The molecular weight excluding hydrogens is 1570 g/mol. The summed E-state index contributed by atoms with van der Waals surface area (Å²) >= 11 is 0. The fourth-order valence-electron chi connectivity index (χ4n) is 2.39. The van der Waals surface area contributed by atoms with E-state index in [0.29, 0.717) is 12.9 Å². The van der Waals surface area contributed by atoms with Gasteiger partial charge in [0.05, 0.1) is 0 Å². The summed E-state index contributed by atoms with van der Waals surface area (Å²) in [5, 5.41) is 25.1. The van der Waals surface area contributed by atoms with E-state index in [1.807, 2.05) is 27.2 Å². The number of carbonyl (C=O) groups excluding carboxylic acids is 2. The second kappa shape index (κ2) is 155. The Morgan fingerprint density at radius 1 is 0.574 bits per heavy atom. The van der Waals surface area contributed by atoms with Crippen molar-refractivity contribution in [3.63, 3.8) is 0 Å². The second-order valence-corrected chi connectivity index (χ2v) is 7.73. The van der Waals surface area contributed by atoms with Crippen LogP contribution in [-0.4, -0.2) is 114 Å². The van der Waals surface area contributed by atoms with Gasteiger partial charge in [0.2, 0.25) is 0 Å². The van der Waals surface area contributed by atoms with Crippen LogP contribution in [0.25, 0.3) is 22.9 Å². The molecule has 320 valence electrons. The smallest absolute Gasteiger partial charge is 0.680 e. The van der Waals surface area contributed by atoms with Crippen molar-refractivity contribution in [2.75, 3.05) is 68.5 Å². The zero-order valence-electron chi connectivity index (χ0n) is 32.8. The van der Waals surface area contributed by atoms with Gasteiger partial charge >= 0.3 is 116 Å². The second-order valence-electron chi connectivity index (χ2n) is 6.58. The van der Waals surface area contributed by atoms with Gasteiger partial charge in [-0.05, 0) is 40.3 Å². The molecule has 4 aliphatic heterocycles. The zero-order chi connectivity index (χ0) is 36.1. The predicted molar refractivity (Wildman–Crippen MR) is 203 cm³/mol. The first-order valence-corrected chi connectivity index (χ1v) is 14.5. The molecule has 2 atom stereocenters. The minimum atomic E-state index is 0. The van der Waals surface area contributed by atoms with Crippen LogP contribution in [-0.2, 0) is 178 Å². The molecule has 10 N–H and O–H groups in total. The average molecular weight is 1640 g/mol. The van der Waals surface area contributed by atoms with Crippen molar-refractivity contribution >= 4 is 44.5 Å². The Hall–Kier alpha value is 3.51. The third-order valence-electron chi connectivity index (χ3n) is 3.77. The number of amides is 2. The summed E-state index contributed by atoms with van der Waals surface area (Å²) in [6, 6.07) is 0. The molecule has 4 aliphatic rings. The van der Waals surface area contributed by atoms with Gasteiger partial charge in [0.15, 0.2) is 0 Å². The van der Waals surface area contributed by atoms with Crippen LogP contribution in [0.3, 0.4) is 0 Å². The monoisotopic (exact) mass is 1640 g/mol. The molecule has 2 unspecified atom stereocenters. The molecule has 4 saturated heterocycles. The molecule has 0 aromatic rings. The van der Waals surface area contributed by atoms with Crippen molar-refractivity contribution in [2.45, 2.75) is 51.4 Å². The fourth-order valence-corrected chi connectivity index (χ4v) is 2.39. The number of nitrogens with zero attached hydrogens (tertiary/aromatic N) is 2. The van der Waals surface area contributed by atoms with Crippen LogP contribution in [0.2, 0.25) is 0 Å². The van der Waals surface area contributed by atoms with Crippen molar-refractivity contribution in [3.05, 3.63) is 64.0 Å². The van der Waals surface area contributed by atoms with Crippen LogP contribution in [0.5, 0.6) is 0 Å². The zero-order valence-corrected chi connectivity index (χ0v) is 52.4. The van der Waals surface area contributed by atoms with Crippen molar-refractivity contribution in [1.82, 2.24) is 30.6 Å². The molecule has 0 aromatic carbocycles. The van der Waals surface area contributed by atoms with Crippen LogP contribution in [0.15, 0.2) is 0 Å². The number of likely N-dealkylation sites (tertiary alicyclic amines) is 2. The quantitative estimate of drug-likeness (QED) is 0.167. The van der Waals surface area contributed by atoms with Crippen LogP contribution < -0.4 is 20.8 Å². The van der Waals surface area contributed by atoms with Gasteiger partial charge in [-0.25, -0.2) is 0 Å². The van der Waals surface area contributed by atoms with Gasteiger partial charge in [-0.15, -0.1) is 0 Å². The number of hydrogen-bond acceptors (Lipinski definition) is 8. The molecular formula is C28H66N10O6P2V4W4-2. The molecule has 26 heteroatoms. The molecule has 54 heavy (non-hydrogen) atoms. The standard InChI is InChI=1S/2C5H7NO.2C4H8N.2CH6NP.4CH4N.2CHO2.2CH3.4V.4W/c2*7-5-6-3-1-2-4-6;2*1-2-4-5-3-1;2*1-2-3;4*1-2;2*2-1-3;;;;;;;;;;/h2*3H,1-2,4H2;2*3,5H,1-2,4H2;2*2H,3H2,1H3;4*2H,1H3;2*(H,2,3);2*1H3;;;;;;;;/q2*-2;2*-1;;;8*-1;4*+2;;;2*+2.